The Bertz CT molecular complexity index is 580. The highest BCUT2D eigenvalue weighted by atomic mass is 16.6. The molecule has 0 spiro atoms. The molecule has 106 valence electrons. The SMILES string of the molecule is CCCn1cncc1CNCc1cccc([N+](=O)[O-])c1. The minimum atomic E-state index is -0.375. The minimum Gasteiger partial charge on any atom is -0.333 e. The molecule has 1 aromatic carbocycles. The molecule has 0 fully saturated rings. The fourth-order valence-electron chi connectivity index (χ4n) is 2.05. The summed E-state index contributed by atoms with van der Waals surface area (Å²) < 4.78 is 2.11. The summed E-state index contributed by atoms with van der Waals surface area (Å²) in [4.78, 5) is 14.5. The van der Waals surface area contributed by atoms with Gasteiger partial charge in [0.2, 0.25) is 0 Å². The summed E-state index contributed by atoms with van der Waals surface area (Å²) in [5.41, 5.74) is 2.15. The lowest BCUT2D eigenvalue weighted by Crippen LogP contribution is -2.15. The van der Waals surface area contributed by atoms with Crippen LogP contribution < -0.4 is 5.32 Å². The Morgan fingerprint density at radius 1 is 1.40 bits per heavy atom. The summed E-state index contributed by atoms with van der Waals surface area (Å²) in [5.74, 6) is 0. The summed E-state index contributed by atoms with van der Waals surface area (Å²) in [7, 11) is 0. The van der Waals surface area contributed by atoms with Crippen LogP contribution in [0.25, 0.3) is 0 Å². The first kappa shape index (κ1) is 14.2. The molecular formula is C14H18N4O2. The number of hydrogen-bond donors (Lipinski definition) is 1. The number of hydrogen-bond acceptors (Lipinski definition) is 4. The van der Waals surface area contributed by atoms with Gasteiger partial charge >= 0.3 is 0 Å². The van der Waals surface area contributed by atoms with Crippen molar-refractivity contribution in [2.45, 2.75) is 33.0 Å². The number of aromatic nitrogens is 2. The molecule has 2 aromatic rings. The van der Waals surface area contributed by atoms with Gasteiger partial charge in [-0.3, -0.25) is 10.1 Å². The number of rotatable bonds is 7. The lowest BCUT2D eigenvalue weighted by atomic mass is 10.2. The molecule has 1 N–H and O–H groups in total. The molecule has 2 rings (SSSR count). The molecule has 6 nitrogen and oxygen atoms in total. The van der Waals surface area contributed by atoms with Gasteiger partial charge in [-0.1, -0.05) is 19.1 Å². The van der Waals surface area contributed by atoms with Crippen LogP contribution in [0.4, 0.5) is 5.69 Å². The maximum atomic E-state index is 10.7. The van der Waals surface area contributed by atoms with E-state index in [0.717, 1.165) is 24.2 Å². The molecule has 0 saturated carbocycles. The van der Waals surface area contributed by atoms with Crippen molar-refractivity contribution in [2.75, 3.05) is 0 Å². The molecule has 0 bridgehead atoms. The van der Waals surface area contributed by atoms with E-state index in [4.69, 9.17) is 0 Å². The van der Waals surface area contributed by atoms with Crippen LogP contribution in [0.1, 0.15) is 24.6 Å². The smallest absolute Gasteiger partial charge is 0.269 e. The third-order valence-corrected chi connectivity index (χ3v) is 3.02. The molecule has 0 saturated heterocycles. The van der Waals surface area contributed by atoms with Crippen LogP contribution in [-0.4, -0.2) is 14.5 Å². The van der Waals surface area contributed by atoms with E-state index in [-0.39, 0.29) is 10.6 Å². The Labute approximate surface area is 117 Å². The van der Waals surface area contributed by atoms with Crippen molar-refractivity contribution in [3.05, 3.63) is 58.2 Å². The minimum absolute atomic E-state index is 0.125. The van der Waals surface area contributed by atoms with Gasteiger partial charge in [0.25, 0.3) is 5.69 Å². The first-order chi connectivity index (χ1) is 9.70. The molecule has 6 heteroatoms. The third-order valence-electron chi connectivity index (χ3n) is 3.02. The highest BCUT2D eigenvalue weighted by Gasteiger charge is 2.06. The quantitative estimate of drug-likeness (QED) is 0.622. The Morgan fingerprint density at radius 3 is 3.00 bits per heavy atom. The fraction of sp³-hybridized carbons (Fsp3) is 0.357. The number of nitro benzene ring substituents is 1. The largest absolute Gasteiger partial charge is 0.333 e. The van der Waals surface area contributed by atoms with Crippen LogP contribution in [-0.2, 0) is 19.6 Å². The van der Waals surface area contributed by atoms with Gasteiger partial charge in [-0.2, -0.15) is 0 Å². The summed E-state index contributed by atoms with van der Waals surface area (Å²) in [5, 5.41) is 14.0. The van der Waals surface area contributed by atoms with Gasteiger partial charge in [0.05, 0.1) is 16.9 Å². The van der Waals surface area contributed by atoms with Gasteiger partial charge in [0, 0.05) is 38.0 Å². The van der Waals surface area contributed by atoms with Gasteiger partial charge in [-0.15, -0.1) is 0 Å². The van der Waals surface area contributed by atoms with E-state index in [9.17, 15) is 10.1 Å². The molecule has 1 heterocycles. The average Bonchev–Trinajstić information content (AvgIpc) is 2.87. The number of imidazole rings is 1. The van der Waals surface area contributed by atoms with Gasteiger partial charge in [0.15, 0.2) is 0 Å². The second kappa shape index (κ2) is 6.81. The lowest BCUT2D eigenvalue weighted by molar-refractivity contribution is -0.384. The maximum absolute atomic E-state index is 10.7. The predicted molar refractivity (Wildman–Crippen MR) is 76.2 cm³/mol. The fourth-order valence-corrected chi connectivity index (χ4v) is 2.05. The van der Waals surface area contributed by atoms with Gasteiger partial charge in [-0.25, -0.2) is 4.98 Å². The standard InChI is InChI=1S/C14H18N4O2/c1-2-6-17-11-16-10-14(17)9-15-8-12-4-3-5-13(7-12)18(19)20/h3-5,7,10-11,15H,2,6,8-9H2,1H3. The molecule has 0 atom stereocenters. The van der Waals surface area contributed by atoms with Crippen LogP contribution in [0.15, 0.2) is 36.8 Å². The van der Waals surface area contributed by atoms with Crippen LogP contribution in [0, 0.1) is 10.1 Å². The summed E-state index contributed by atoms with van der Waals surface area (Å²) in [6, 6.07) is 6.68. The van der Waals surface area contributed by atoms with E-state index in [2.05, 4.69) is 21.8 Å². The number of aryl methyl sites for hydroxylation is 1. The molecule has 0 aliphatic rings. The molecule has 0 amide bonds. The summed E-state index contributed by atoms with van der Waals surface area (Å²) in [6.07, 6.45) is 4.73. The highest BCUT2D eigenvalue weighted by Crippen LogP contribution is 2.13. The Kier molecular flexibility index (Phi) is 4.84. The molecule has 0 aliphatic heterocycles. The molecular weight excluding hydrogens is 256 g/mol. The number of nitro groups is 1. The lowest BCUT2D eigenvalue weighted by Gasteiger charge is -2.08. The zero-order valence-electron chi connectivity index (χ0n) is 11.5. The summed E-state index contributed by atoms with van der Waals surface area (Å²) >= 11 is 0. The van der Waals surface area contributed by atoms with Crippen molar-refractivity contribution >= 4 is 5.69 Å². The van der Waals surface area contributed by atoms with E-state index < -0.39 is 0 Å². The highest BCUT2D eigenvalue weighted by molar-refractivity contribution is 5.34. The van der Waals surface area contributed by atoms with Crippen molar-refractivity contribution in [3.8, 4) is 0 Å². The number of non-ortho nitro benzene ring substituents is 1. The van der Waals surface area contributed by atoms with Crippen molar-refractivity contribution < 1.29 is 4.92 Å². The summed E-state index contributed by atoms with van der Waals surface area (Å²) in [6.45, 7) is 4.37. The van der Waals surface area contributed by atoms with Crippen LogP contribution >= 0.6 is 0 Å². The van der Waals surface area contributed by atoms with E-state index in [1.54, 1.807) is 12.1 Å². The monoisotopic (exact) mass is 274 g/mol. The Balaban J connectivity index is 1.91. The topological polar surface area (TPSA) is 73.0 Å². The maximum Gasteiger partial charge on any atom is 0.269 e. The molecule has 0 aliphatic carbocycles. The second-order valence-electron chi connectivity index (χ2n) is 4.61. The van der Waals surface area contributed by atoms with Gasteiger partial charge in [-0.05, 0) is 12.0 Å². The van der Waals surface area contributed by atoms with E-state index in [0.29, 0.717) is 13.1 Å². The average molecular weight is 274 g/mol. The number of nitrogens with one attached hydrogen (secondary N) is 1. The van der Waals surface area contributed by atoms with Crippen LogP contribution in [0.5, 0.6) is 0 Å². The number of nitrogens with zero attached hydrogens (tertiary/aromatic N) is 3. The first-order valence-corrected chi connectivity index (χ1v) is 6.63. The van der Waals surface area contributed by atoms with Crippen molar-refractivity contribution in [2.24, 2.45) is 0 Å². The number of benzene rings is 1. The normalized spacial score (nSPS) is 10.7. The van der Waals surface area contributed by atoms with Crippen molar-refractivity contribution in [1.82, 2.24) is 14.9 Å². The van der Waals surface area contributed by atoms with Crippen LogP contribution in [0.2, 0.25) is 0 Å². The van der Waals surface area contributed by atoms with Crippen molar-refractivity contribution in [1.29, 1.82) is 0 Å². The molecule has 0 radical (unpaired) electrons. The van der Waals surface area contributed by atoms with Crippen molar-refractivity contribution in [3.63, 3.8) is 0 Å². The van der Waals surface area contributed by atoms with E-state index in [1.807, 2.05) is 18.6 Å². The van der Waals surface area contributed by atoms with E-state index in [1.165, 1.54) is 6.07 Å². The zero-order valence-corrected chi connectivity index (χ0v) is 11.5. The molecule has 20 heavy (non-hydrogen) atoms. The van der Waals surface area contributed by atoms with E-state index >= 15 is 0 Å². The third kappa shape index (κ3) is 3.64. The second-order valence-corrected chi connectivity index (χ2v) is 4.61. The first-order valence-electron chi connectivity index (χ1n) is 6.63. The van der Waals surface area contributed by atoms with Crippen LogP contribution in [0.3, 0.4) is 0 Å². The Morgan fingerprint density at radius 2 is 2.25 bits per heavy atom. The Hall–Kier alpha value is -2.21. The van der Waals surface area contributed by atoms with Gasteiger partial charge in [0.1, 0.15) is 0 Å². The predicted octanol–water partition coefficient (Wildman–Crippen LogP) is 2.49. The molecule has 1 aromatic heterocycles. The molecule has 0 unspecified atom stereocenters. The van der Waals surface area contributed by atoms with Gasteiger partial charge < -0.3 is 9.88 Å². The zero-order chi connectivity index (χ0) is 14.4.